The number of nitrogens with one attached hydrogen (secondary N) is 1. The van der Waals surface area contributed by atoms with E-state index in [1.54, 1.807) is 39.8 Å². The lowest BCUT2D eigenvalue weighted by Gasteiger charge is -2.38. The summed E-state index contributed by atoms with van der Waals surface area (Å²) in [6.07, 6.45) is 1.82. The average molecular weight is 266 g/mol. The Bertz CT molecular complexity index is 487. The van der Waals surface area contributed by atoms with E-state index in [1.807, 2.05) is 17.7 Å². The van der Waals surface area contributed by atoms with Crippen LogP contribution in [0.1, 0.15) is 45.1 Å². The van der Waals surface area contributed by atoms with E-state index in [2.05, 4.69) is 5.32 Å². The normalized spacial score (nSPS) is 12.3. The molecule has 5 heteroatoms. The maximum absolute atomic E-state index is 12.2. The van der Waals surface area contributed by atoms with E-state index in [4.69, 9.17) is 0 Å². The maximum Gasteiger partial charge on any atom is 0.311 e. The number of aliphatic carboxylic acids is 1. The number of carbonyl (C=O) groups is 2. The molecule has 0 spiro atoms. The van der Waals surface area contributed by atoms with Gasteiger partial charge in [-0.15, -0.1) is 0 Å². The van der Waals surface area contributed by atoms with E-state index >= 15 is 0 Å². The van der Waals surface area contributed by atoms with Crippen LogP contribution in [-0.4, -0.2) is 27.1 Å². The van der Waals surface area contributed by atoms with E-state index < -0.39 is 16.9 Å². The molecule has 0 unspecified atom stereocenters. The Hall–Kier alpha value is -1.78. The van der Waals surface area contributed by atoms with Crippen molar-refractivity contribution in [1.29, 1.82) is 0 Å². The molecule has 0 aliphatic rings. The third-order valence-corrected chi connectivity index (χ3v) is 3.93. The lowest BCUT2D eigenvalue weighted by molar-refractivity contribution is -0.150. The zero-order valence-electron chi connectivity index (χ0n) is 12.2. The molecule has 0 atom stereocenters. The lowest BCUT2D eigenvalue weighted by atomic mass is 9.74. The van der Waals surface area contributed by atoms with Gasteiger partial charge in [0.15, 0.2) is 0 Å². The van der Waals surface area contributed by atoms with E-state index in [-0.39, 0.29) is 5.91 Å². The Kier molecular flexibility index (Phi) is 4.08. The summed E-state index contributed by atoms with van der Waals surface area (Å²) >= 11 is 0. The molecule has 1 amide bonds. The number of amides is 1. The molecule has 1 aromatic rings. The highest BCUT2D eigenvalue weighted by molar-refractivity contribution is 5.93. The van der Waals surface area contributed by atoms with Crippen molar-refractivity contribution in [1.82, 2.24) is 9.88 Å². The second-order valence-corrected chi connectivity index (χ2v) is 5.69. The van der Waals surface area contributed by atoms with Gasteiger partial charge >= 0.3 is 5.97 Å². The summed E-state index contributed by atoms with van der Waals surface area (Å²) in [5.74, 6) is -1.20. The Morgan fingerprint density at radius 1 is 1.32 bits per heavy atom. The van der Waals surface area contributed by atoms with E-state index in [9.17, 15) is 14.7 Å². The summed E-state index contributed by atoms with van der Waals surface area (Å²) in [4.78, 5) is 23.5. The molecule has 0 aliphatic heterocycles. The largest absolute Gasteiger partial charge is 0.481 e. The van der Waals surface area contributed by atoms with Gasteiger partial charge in [0.25, 0.3) is 5.91 Å². The predicted molar refractivity (Wildman–Crippen MR) is 73.1 cm³/mol. The van der Waals surface area contributed by atoms with Crippen LogP contribution in [0.3, 0.4) is 0 Å². The van der Waals surface area contributed by atoms with Crippen LogP contribution in [0.5, 0.6) is 0 Å². The van der Waals surface area contributed by atoms with E-state index in [0.29, 0.717) is 12.2 Å². The van der Waals surface area contributed by atoms with Crippen LogP contribution < -0.4 is 5.32 Å². The molecular weight excluding hydrogens is 244 g/mol. The van der Waals surface area contributed by atoms with Gasteiger partial charge in [-0.25, -0.2) is 0 Å². The molecular formula is C14H22N2O3. The zero-order valence-corrected chi connectivity index (χ0v) is 12.2. The minimum atomic E-state index is -1.06. The summed E-state index contributed by atoms with van der Waals surface area (Å²) in [6.45, 7) is 9.29. The first kappa shape index (κ1) is 15.3. The Balaban J connectivity index is 2.96. The molecule has 1 aromatic heterocycles. The van der Waals surface area contributed by atoms with Gasteiger partial charge in [-0.1, -0.05) is 0 Å². The number of nitrogens with zero attached hydrogens (tertiary/aromatic N) is 1. The number of carboxylic acid groups (broad SMARTS) is 1. The fourth-order valence-electron chi connectivity index (χ4n) is 1.67. The van der Waals surface area contributed by atoms with E-state index in [0.717, 1.165) is 0 Å². The summed E-state index contributed by atoms with van der Waals surface area (Å²) in [6, 6.07) is 3.52. The highest BCUT2D eigenvalue weighted by atomic mass is 16.4. The first-order valence-corrected chi connectivity index (χ1v) is 6.34. The molecule has 1 rings (SSSR count). The van der Waals surface area contributed by atoms with Crippen molar-refractivity contribution in [3.05, 3.63) is 24.0 Å². The van der Waals surface area contributed by atoms with Crippen LogP contribution >= 0.6 is 0 Å². The van der Waals surface area contributed by atoms with Gasteiger partial charge in [0, 0.05) is 12.7 Å². The second-order valence-electron chi connectivity index (χ2n) is 5.69. The molecule has 19 heavy (non-hydrogen) atoms. The topological polar surface area (TPSA) is 71.3 Å². The molecule has 0 bridgehead atoms. The van der Waals surface area contributed by atoms with Crippen LogP contribution in [0.15, 0.2) is 18.3 Å². The predicted octanol–water partition coefficient (Wildman–Crippen LogP) is 2.13. The van der Waals surface area contributed by atoms with Crippen LogP contribution in [0.25, 0.3) is 0 Å². The minimum absolute atomic E-state index is 0.258. The number of hydrogen-bond acceptors (Lipinski definition) is 2. The number of rotatable bonds is 5. The molecule has 0 aliphatic carbocycles. The van der Waals surface area contributed by atoms with Crippen LogP contribution in [-0.2, 0) is 11.3 Å². The third kappa shape index (κ3) is 2.80. The Morgan fingerprint density at radius 2 is 1.89 bits per heavy atom. The SMILES string of the molecule is CCn1cccc1C(=O)NC(C)(C)C(C)(C)C(=O)O. The monoisotopic (exact) mass is 266 g/mol. The van der Waals surface area contributed by atoms with Crippen LogP contribution in [0.4, 0.5) is 0 Å². The number of aryl methyl sites for hydroxylation is 1. The van der Waals surface area contributed by atoms with Gasteiger partial charge in [0.2, 0.25) is 0 Å². The first-order chi connectivity index (χ1) is 8.63. The molecule has 0 radical (unpaired) electrons. The smallest absolute Gasteiger partial charge is 0.311 e. The quantitative estimate of drug-likeness (QED) is 0.857. The highest BCUT2D eigenvalue weighted by Gasteiger charge is 2.44. The Morgan fingerprint density at radius 3 is 2.37 bits per heavy atom. The fraction of sp³-hybridized carbons (Fsp3) is 0.571. The van der Waals surface area contributed by atoms with Gasteiger partial charge in [0.05, 0.1) is 11.0 Å². The summed E-state index contributed by atoms with van der Waals surface area (Å²) in [5, 5.41) is 12.1. The van der Waals surface area contributed by atoms with Crippen molar-refractivity contribution >= 4 is 11.9 Å². The van der Waals surface area contributed by atoms with Gasteiger partial charge in [0.1, 0.15) is 5.69 Å². The second kappa shape index (κ2) is 5.07. The van der Waals surface area contributed by atoms with Gasteiger partial charge in [-0.2, -0.15) is 0 Å². The molecule has 106 valence electrons. The molecule has 0 aromatic carbocycles. The number of carbonyl (C=O) groups excluding carboxylic acids is 1. The van der Waals surface area contributed by atoms with Gasteiger partial charge < -0.3 is 15.0 Å². The summed E-state index contributed by atoms with van der Waals surface area (Å²) < 4.78 is 1.82. The average Bonchev–Trinajstić information content (AvgIpc) is 2.75. The third-order valence-electron chi connectivity index (χ3n) is 3.93. The minimum Gasteiger partial charge on any atom is -0.481 e. The highest BCUT2D eigenvalue weighted by Crippen LogP contribution is 2.31. The standard InChI is InChI=1S/C14H22N2O3/c1-6-16-9-7-8-10(16)11(17)15-14(4,5)13(2,3)12(18)19/h7-9H,6H2,1-5H3,(H,15,17)(H,18,19). The van der Waals surface area contributed by atoms with Gasteiger partial charge in [-0.3, -0.25) is 9.59 Å². The zero-order chi connectivity index (χ0) is 14.8. The number of carboxylic acids is 1. The Labute approximate surface area is 113 Å². The lowest BCUT2D eigenvalue weighted by Crippen LogP contribution is -2.57. The number of aromatic nitrogens is 1. The fourth-order valence-corrected chi connectivity index (χ4v) is 1.67. The molecule has 0 saturated heterocycles. The molecule has 5 nitrogen and oxygen atoms in total. The summed E-state index contributed by atoms with van der Waals surface area (Å²) in [7, 11) is 0. The number of hydrogen-bond donors (Lipinski definition) is 2. The molecule has 2 N–H and O–H groups in total. The molecule has 0 saturated carbocycles. The van der Waals surface area contributed by atoms with Gasteiger partial charge in [-0.05, 0) is 46.8 Å². The molecule has 1 heterocycles. The van der Waals surface area contributed by atoms with Crippen LogP contribution in [0.2, 0.25) is 0 Å². The van der Waals surface area contributed by atoms with Crippen molar-refractivity contribution in [3.8, 4) is 0 Å². The molecule has 0 fully saturated rings. The van der Waals surface area contributed by atoms with E-state index in [1.165, 1.54) is 0 Å². The van der Waals surface area contributed by atoms with Crippen molar-refractivity contribution < 1.29 is 14.7 Å². The van der Waals surface area contributed by atoms with Crippen molar-refractivity contribution in [3.63, 3.8) is 0 Å². The first-order valence-electron chi connectivity index (χ1n) is 6.34. The van der Waals surface area contributed by atoms with Crippen LogP contribution in [0, 0.1) is 5.41 Å². The summed E-state index contributed by atoms with van der Waals surface area (Å²) in [5.41, 5.74) is -1.39. The maximum atomic E-state index is 12.2. The van der Waals surface area contributed by atoms with Crippen molar-refractivity contribution in [2.45, 2.75) is 46.7 Å². The van der Waals surface area contributed by atoms with Crippen molar-refractivity contribution in [2.75, 3.05) is 0 Å². The van der Waals surface area contributed by atoms with Crippen molar-refractivity contribution in [2.24, 2.45) is 5.41 Å².